The topological polar surface area (TPSA) is 85.5 Å². The summed E-state index contributed by atoms with van der Waals surface area (Å²) in [6, 6.07) is 6.13. The van der Waals surface area contributed by atoms with Crippen molar-refractivity contribution in [3.05, 3.63) is 78.7 Å². The lowest BCUT2D eigenvalue weighted by Gasteiger charge is -2.28. The third kappa shape index (κ3) is 4.74. The lowest BCUT2D eigenvalue weighted by Crippen LogP contribution is -2.29. The van der Waals surface area contributed by atoms with Gasteiger partial charge < -0.3 is 15.2 Å². The largest absolute Gasteiger partial charge is 0.370 e. The molecule has 0 aliphatic carbocycles. The van der Waals surface area contributed by atoms with Crippen LogP contribution in [0.25, 0.3) is 39.0 Å². The summed E-state index contributed by atoms with van der Waals surface area (Å²) in [6.07, 6.45) is 10.6. The zero-order chi connectivity index (χ0) is 26.8. The quantitative estimate of drug-likeness (QED) is 0.225. The van der Waals surface area contributed by atoms with Crippen molar-refractivity contribution in [1.29, 1.82) is 0 Å². The van der Waals surface area contributed by atoms with Crippen LogP contribution < -0.4 is 10.2 Å². The number of anilines is 1. The van der Waals surface area contributed by atoms with E-state index in [0.717, 1.165) is 35.5 Å². The summed E-state index contributed by atoms with van der Waals surface area (Å²) >= 11 is 0. The molecule has 0 amide bonds. The first kappa shape index (κ1) is 25.4. The molecule has 1 fully saturated rings. The first-order valence-corrected chi connectivity index (χ1v) is 13.1. The third-order valence-electron chi connectivity index (χ3n) is 7.07. The number of fused-ring (bicyclic) bond motifs is 2. The number of nitrogens with zero attached hydrogens (tertiary/aromatic N) is 4. The molecule has 3 aromatic heterocycles. The zero-order valence-electron chi connectivity index (χ0n) is 22.2. The molecule has 5 rings (SSSR count). The van der Waals surface area contributed by atoms with Crippen molar-refractivity contribution in [3.8, 4) is 11.5 Å². The lowest BCUT2D eigenvalue weighted by atomic mass is 10.1. The van der Waals surface area contributed by atoms with E-state index in [9.17, 15) is 0 Å². The fourth-order valence-corrected chi connectivity index (χ4v) is 4.80. The number of rotatable bonds is 8. The molecule has 1 saturated heterocycles. The van der Waals surface area contributed by atoms with Crippen LogP contribution in [-0.4, -0.2) is 38.2 Å². The van der Waals surface area contributed by atoms with Crippen LogP contribution in [0.4, 0.5) is 10.1 Å². The number of imidazole rings is 1. The van der Waals surface area contributed by atoms with E-state index in [0.29, 0.717) is 33.7 Å². The Morgan fingerprint density at radius 2 is 1.97 bits per heavy atom. The number of halogens is 1. The number of allylic oxidation sites excluding steroid dienone is 5. The van der Waals surface area contributed by atoms with Gasteiger partial charge in [0, 0.05) is 30.1 Å². The molecule has 7 nitrogen and oxygen atoms in total. The summed E-state index contributed by atoms with van der Waals surface area (Å²) in [5, 5.41) is 11.0. The summed E-state index contributed by atoms with van der Waals surface area (Å²) in [5.41, 5.74) is 6.22. The monoisotopic (exact) mass is 511 g/mol. The van der Waals surface area contributed by atoms with E-state index in [1.165, 1.54) is 19.3 Å². The maximum atomic E-state index is 16.2. The summed E-state index contributed by atoms with van der Waals surface area (Å²) < 4.78 is 16.2. The molecule has 4 heterocycles. The summed E-state index contributed by atoms with van der Waals surface area (Å²) in [4.78, 5) is 15.1. The number of piperidine rings is 1. The Labute approximate surface area is 222 Å². The van der Waals surface area contributed by atoms with Gasteiger partial charge in [-0.3, -0.25) is 10.1 Å². The van der Waals surface area contributed by atoms with Crippen molar-refractivity contribution in [2.45, 2.75) is 40.0 Å². The Balaban J connectivity index is 1.57. The van der Waals surface area contributed by atoms with Crippen LogP contribution in [0.3, 0.4) is 0 Å². The molecular weight excluding hydrogens is 477 g/mol. The molecule has 1 aliphatic rings. The van der Waals surface area contributed by atoms with Crippen LogP contribution in [0, 0.1) is 11.7 Å². The highest BCUT2D eigenvalue weighted by Gasteiger charge is 2.22. The van der Waals surface area contributed by atoms with E-state index < -0.39 is 5.82 Å². The molecular formula is C30H34FN7. The van der Waals surface area contributed by atoms with Crippen LogP contribution in [0.2, 0.25) is 0 Å². The van der Waals surface area contributed by atoms with Crippen molar-refractivity contribution in [2.24, 2.45) is 5.92 Å². The second-order valence-corrected chi connectivity index (χ2v) is 9.94. The van der Waals surface area contributed by atoms with Gasteiger partial charge >= 0.3 is 0 Å². The van der Waals surface area contributed by atoms with Crippen molar-refractivity contribution >= 4 is 33.2 Å². The number of H-pyrrole nitrogens is 2. The highest BCUT2D eigenvalue weighted by molar-refractivity contribution is 5.97. The number of aromatic amines is 2. The molecule has 0 unspecified atom stereocenters. The van der Waals surface area contributed by atoms with E-state index in [-0.39, 0.29) is 11.6 Å². The molecule has 1 aliphatic heterocycles. The summed E-state index contributed by atoms with van der Waals surface area (Å²) in [7, 11) is 0. The van der Waals surface area contributed by atoms with Gasteiger partial charge in [0.05, 0.1) is 28.3 Å². The van der Waals surface area contributed by atoms with Gasteiger partial charge in [0.2, 0.25) is 0 Å². The van der Waals surface area contributed by atoms with Gasteiger partial charge in [0.15, 0.2) is 11.6 Å². The summed E-state index contributed by atoms with van der Waals surface area (Å²) in [6.45, 7) is 15.9. The van der Waals surface area contributed by atoms with Crippen LogP contribution in [0.5, 0.6) is 0 Å². The molecule has 38 heavy (non-hydrogen) atoms. The van der Waals surface area contributed by atoms with Crippen LogP contribution >= 0.6 is 0 Å². The van der Waals surface area contributed by atoms with Gasteiger partial charge in [-0.15, -0.1) is 0 Å². The standard InChI is InChI=1S/C30H34FN7/c1-6-20(16-21(7-2)33-19(5)18(3)4)27-26(31)25-23(17-32-27)36-37-29(25)30-34-22-12-11-13-24(28(22)35-30)38-14-9-8-10-15-38/h6-7,11-13,16-18,33H,2,5,8-10,14-15H2,1,3-4H3,(H,34,35)(H,36,37)/b20-6+,21-16+. The fraction of sp³-hybridized carbons (Fsp3) is 0.300. The van der Waals surface area contributed by atoms with Crippen LogP contribution in [-0.2, 0) is 0 Å². The molecule has 0 radical (unpaired) electrons. The third-order valence-corrected chi connectivity index (χ3v) is 7.07. The number of para-hydroxylation sites is 1. The minimum Gasteiger partial charge on any atom is -0.370 e. The van der Waals surface area contributed by atoms with Gasteiger partial charge in [0.25, 0.3) is 0 Å². The molecule has 0 bridgehead atoms. The van der Waals surface area contributed by atoms with Crippen LogP contribution in [0.1, 0.15) is 45.7 Å². The highest BCUT2D eigenvalue weighted by Crippen LogP contribution is 2.34. The predicted molar refractivity (Wildman–Crippen MR) is 154 cm³/mol. The Morgan fingerprint density at radius 3 is 2.68 bits per heavy atom. The molecule has 4 aromatic rings. The first-order valence-electron chi connectivity index (χ1n) is 13.1. The fourth-order valence-electron chi connectivity index (χ4n) is 4.80. The average molecular weight is 512 g/mol. The Morgan fingerprint density at radius 1 is 1.18 bits per heavy atom. The average Bonchev–Trinajstić information content (AvgIpc) is 3.56. The van der Waals surface area contributed by atoms with Gasteiger partial charge in [-0.25, -0.2) is 9.37 Å². The summed E-state index contributed by atoms with van der Waals surface area (Å²) in [5.74, 6) is 0.302. The lowest BCUT2D eigenvalue weighted by molar-refractivity contribution is 0.579. The van der Waals surface area contributed by atoms with E-state index in [1.807, 2.05) is 31.2 Å². The van der Waals surface area contributed by atoms with Crippen molar-refractivity contribution in [1.82, 2.24) is 30.5 Å². The minimum absolute atomic E-state index is 0.226. The van der Waals surface area contributed by atoms with Crippen molar-refractivity contribution < 1.29 is 4.39 Å². The van der Waals surface area contributed by atoms with Crippen molar-refractivity contribution in [3.63, 3.8) is 0 Å². The predicted octanol–water partition coefficient (Wildman–Crippen LogP) is 6.86. The van der Waals surface area contributed by atoms with Crippen LogP contribution in [0.15, 0.2) is 67.2 Å². The van der Waals surface area contributed by atoms with Gasteiger partial charge in [-0.2, -0.15) is 5.10 Å². The molecule has 196 valence electrons. The smallest absolute Gasteiger partial charge is 0.161 e. The number of hydrogen-bond acceptors (Lipinski definition) is 5. The Hall–Kier alpha value is -4.20. The molecule has 8 heteroatoms. The molecule has 1 aromatic carbocycles. The number of nitrogens with one attached hydrogen (secondary N) is 3. The normalized spacial score (nSPS) is 15.0. The van der Waals surface area contributed by atoms with E-state index >= 15 is 4.39 Å². The van der Waals surface area contributed by atoms with E-state index in [4.69, 9.17) is 4.98 Å². The Bertz CT molecular complexity index is 1560. The van der Waals surface area contributed by atoms with E-state index in [1.54, 1.807) is 12.3 Å². The molecule has 0 saturated carbocycles. The molecule has 0 spiro atoms. The van der Waals surface area contributed by atoms with Gasteiger partial charge in [-0.1, -0.05) is 39.1 Å². The van der Waals surface area contributed by atoms with E-state index in [2.05, 4.69) is 63.5 Å². The maximum Gasteiger partial charge on any atom is 0.161 e. The maximum absolute atomic E-state index is 16.2. The number of hydrogen-bond donors (Lipinski definition) is 3. The molecule has 3 N–H and O–H groups in total. The highest BCUT2D eigenvalue weighted by atomic mass is 19.1. The second-order valence-electron chi connectivity index (χ2n) is 9.94. The Kier molecular flexibility index (Phi) is 7.13. The minimum atomic E-state index is -0.460. The van der Waals surface area contributed by atoms with Gasteiger partial charge in [-0.05, 0) is 56.4 Å². The first-order chi connectivity index (χ1) is 18.4. The second kappa shape index (κ2) is 10.7. The number of benzene rings is 1. The zero-order valence-corrected chi connectivity index (χ0v) is 22.2. The number of aromatic nitrogens is 5. The van der Waals surface area contributed by atoms with Crippen molar-refractivity contribution in [2.75, 3.05) is 18.0 Å². The number of pyridine rings is 1. The SMILES string of the molecule is C=C/C(=C\C(=C/C)c1ncc2[nH]nc(-c3nc4c(N5CCCCC5)cccc4[nH]3)c2c1F)NC(=C)C(C)C. The molecule has 0 atom stereocenters. The van der Waals surface area contributed by atoms with Gasteiger partial charge in [0.1, 0.15) is 16.9 Å².